The molecule has 34 heavy (non-hydrogen) atoms. The summed E-state index contributed by atoms with van der Waals surface area (Å²) in [7, 11) is -2.35. The van der Waals surface area contributed by atoms with Crippen LogP contribution in [0.3, 0.4) is 0 Å². The number of fused-ring (bicyclic) bond motifs is 1. The third-order valence-electron chi connectivity index (χ3n) is 5.41. The van der Waals surface area contributed by atoms with E-state index < -0.39 is 16.1 Å². The minimum absolute atomic E-state index is 0.0206. The number of amides is 1. The van der Waals surface area contributed by atoms with Crippen LogP contribution in [0, 0.1) is 5.82 Å². The molecule has 2 N–H and O–H groups in total. The Labute approximate surface area is 196 Å². The largest absolute Gasteiger partial charge is 0.345 e. The fourth-order valence-electron chi connectivity index (χ4n) is 3.65. The Balaban J connectivity index is 1.66. The van der Waals surface area contributed by atoms with Gasteiger partial charge in [-0.15, -0.1) is 0 Å². The average Bonchev–Trinajstić information content (AvgIpc) is 3.28. The van der Waals surface area contributed by atoms with Crippen LogP contribution in [0.4, 0.5) is 4.39 Å². The molecule has 0 radical (unpaired) electrons. The van der Waals surface area contributed by atoms with Gasteiger partial charge >= 0.3 is 0 Å². The molecule has 0 saturated heterocycles. The molecule has 0 aliphatic heterocycles. The third kappa shape index (κ3) is 4.66. The molecule has 0 fully saturated rings. The van der Waals surface area contributed by atoms with E-state index in [1.165, 1.54) is 37.6 Å². The van der Waals surface area contributed by atoms with Gasteiger partial charge in [0, 0.05) is 24.0 Å². The van der Waals surface area contributed by atoms with Crippen LogP contribution >= 0.6 is 0 Å². The maximum absolute atomic E-state index is 13.3. The number of sulfonamides is 1. The quantitative estimate of drug-likeness (QED) is 0.398. The maximum atomic E-state index is 13.3. The molecule has 1 aromatic carbocycles. The van der Waals surface area contributed by atoms with Gasteiger partial charge in [-0.25, -0.2) is 22.2 Å². The first kappa shape index (κ1) is 23.5. The molecule has 0 saturated carbocycles. The van der Waals surface area contributed by atoms with E-state index in [1.807, 2.05) is 6.92 Å². The molecule has 4 rings (SSSR count). The van der Waals surface area contributed by atoms with Crippen LogP contribution in [-0.4, -0.2) is 41.1 Å². The molecule has 1 unspecified atom stereocenters. The van der Waals surface area contributed by atoms with Crippen molar-refractivity contribution in [2.24, 2.45) is 0 Å². The number of aromatic nitrogens is 4. The summed E-state index contributed by atoms with van der Waals surface area (Å²) in [6.07, 6.45) is 8.73. The van der Waals surface area contributed by atoms with Gasteiger partial charge in [0.1, 0.15) is 10.7 Å². The van der Waals surface area contributed by atoms with Gasteiger partial charge in [0.25, 0.3) is 5.91 Å². The number of nitrogens with zero attached hydrogens (tertiary/aromatic N) is 4. The van der Waals surface area contributed by atoms with Crippen LogP contribution in [-0.2, 0) is 10.0 Å². The highest BCUT2D eigenvalue weighted by molar-refractivity contribution is 7.89. The number of halogens is 1. The summed E-state index contributed by atoms with van der Waals surface area (Å²) in [5.74, 6) is -0.737. The van der Waals surface area contributed by atoms with Gasteiger partial charge in [-0.3, -0.25) is 14.8 Å². The van der Waals surface area contributed by atoms with Crippen LogP contribution in [0.25, 0.3) is 16.6 Å². The van der Waals surface area contributed by atoms with E-state index in [-0.39, 0.29) is 16.6 Å². The number of carbonyl (C=O) groups is 1. The SMILES string of the molecule is CCCC(NC(=O)c1cncc2c1cnn2-c1ccc(F)cc1)c1cncc(S(=O)(=O)NC)c1. The zero-order chi connectivity index (χ0) is 24.3. The van der Waals surface area contributed by atoms with Crippen molar-refractivity contribution in [2.45, 2.75) is 30.7 Å². The molecule has 1 atom stereocenters. The summed E-state index contributed by atoms with van der Waals surface area (Å²) < 4.78 is 41.5. The molecule has 4 aromatic rings. The first-order chi connectivity index (χ1) is 16.3. The molecule has 1 amide bonds. The molecule has 0 aliphatic rings. The lowest BCUT2D eigenvalue weighted by atomic mass is 10.0. The van der Waals surface area contributed by atoms with Crippen molar-refractivity contribution in [3.63, 3.8) is 0 Å². The van der Waals surface area contributed by atoms with E-state index in [0.29, 0.717) is 34.1 Å². The van der Waals surface area contributed by atoms with Crippen LogP contribution in [0.1, 0.15) is 41.7 Å². The van der Waals surface area contributed by atoms with Crippen molar-refractivity contribution in [2.75, 3.05) is 7.05 Å². The first-order valence-electron chi connectivity index (χ1n) is 10.6. The molecular formula is C23H23FN6O3S. The van der Waals surface area contributed by atoms with Crippen LogP contribution < -0.4 is 10.0 Å². The Morgan fingerprint density at radius 1 is 1.09 bits per heavy atom. The molecule has 11 heteroatoms. The van der Waals surface area contributed by atoms with E-state index in [1.54, 1.807) is 35.4 Å². The maximum Gasteiger partial charge on any atom is 0.254 e. The minimum Gasteiger partial charge on any atom is -0.345 e. The predicted octanol–water partition coefficient (Wildman–Crippen LogP) is 3.13. The Bertz CT molecular complexity index is 1440. The highest BCUT2D eigenvalue weighted by Crippen LogP contribution is 2.24. The smallest absolute Gasteiger partial charge is 0.254 e. The monoisotopic (exact) mass is 482 g/mol. The van der Waals surface area contributed by atoms with Gasteiger partial charge in [-0.05, 0) is 49.4 Å². The summed E-state index contributed by atoms with van der Waals surface area (Å²) in [6, 6.07) is 6.89. The van der Waals surface area contributed by atoms with Gasteiger partial charge in [-0.1, -0.05) is 13.3 Å². The van der Waals surface area contributed by atoms with Crippen molar-refractivity contribution in [3.05, 3.63) is 78.3 Å². The van der Waals surface area contributed by atoms with E-state index >= 15 is 0 Å². The average molecular weight is 483 g/mol. The molecule has 0 aliphatic carbocycles. The number of hydrogen-bond donors (Lipinski definition) is 2. The lowest BCUT2D eigenvalue weighted by Crippen LogP contribution is -2.29. The molecule has 0 bridgehead atoms. The number of nitrogens with one attached hydrogen (secondary N) is 2. The lowest BCUT2D eigenvalue weighted by Gasteiger charge is -2.19. The van der Waals surface area contributed by atoms with Crippen molar-refractivity contribution in [3.8, 4) is 5.69 Å². The number of rotatable bonds is 8. The third-order valence-corrected chi connectivity index (χ3v) is 6.79. The van der Waals surface area contributed by atoms with Crippen LogP contribution in [0.15, 0.2) is 66.2 Å². The first-order valence-corrected chi connectivity index (χ1v) is 12.1. The Kier molecular flexibility index (Phi) is 6.66. The normalized spacial score (nSPS) is 12.6. The molecule has 9 nitrogen and oxygen atoms in total. The molecule has 176 valence electrons. The molecule has 3 aromatic heterocycles. The van der Waals surface area contributed by atoms with Crippen molar-refractivity contribution >= 4 is 26.8 Å². The standard InChI is InChI=1S/C23H23FN6O3S/c1-3-4-21(15-9-18(11-26-10-15)34(32,33)25-2)29-23(31)20-12-27-14-22-19(20)13-28-30(22)17-7-5-16(24)6-8-17/h5-14,21,25H,3-4H2,1-2H3,(H,29,31). The molecule has 0 spiro atoms. The second-order valence-corrected chi connectivity index (χ2v) is 9.52. The second-order valence-electron chi connectivity index (χ2n) is 7.63. The van der Waals surface area contributed by atoms with Crippen molar-refractivity contribution in [1.82, 2.24) is 29.8 Å². The second kappa shape index (κ2) is 9.65. The summed E-state index contributed by atoms with van der Waals surface area (Å²) in [4.78, 5) is 21.5. The summed E-state index contributed by atoms with van der Waals surface area (Å²) in [5, 5.41) is 7.91. The van der Waals surface area contributed by atoms with Crippen molar-refractivity contribution < 1.29 is 17.6 Å². The Hall–Kier alpha value is -3.70. The van der Waals surface area contributed by atoms with Gasteiger partial charge in [0.15, 0.2) is 0 Å². The van der Waals surface area contributed by atoms with E-state index in [2.05, 4.69) is 25.1 Å². The Morgan fingerprint density at radius 2 is 1.82 bits per heavy atom. The number of benzene rings is 1. The van der Waals surface area contributed by atoms with Gasteiger partial charge in [0.2, 0.25) is 10.0 Å². The predicted molar refractivity (Wildman–Crippen MR) is 124 cm³/mol. The molecule has 3 heterocycles. The van der Waals surface area contributed by atoms with E-state index in [4.69, 9.17) is 0 Å². The Morgan fingerprint density at radius 3 is 2.53 bits per heavy atom. The summed E-state index contributed by atoms with van der Waals surface area (Å²) in [6.45, 7) is 1.97. The topological polar surface area (TPSA) is 119 Å². The fourth-order valence-corrected chi connectivity index (χ4v) is 4.37. The number of pyridine rings is 2. The molecular weight excluding hydrogens is 459 g/mol. The number of hydrogen-bond acceptors (Lipinski definition) is 6. The van der Waals surface area contributed by atoms with Crippen LogP contribution in [0.2, 0.25) is 0 Å². The van der Waals surface area contributed by atoms with Gasteiger partial charge in [0.05, 0.1) is 35.2 Å². The minimum atomic E-state index is -3.67. The van der Waals surface area contributed by atoms with E-state index in [9.17, 15) is 17.6 Å². The van der Waals surface area contributed by atoms with Crippen LogP contribution in [0.5, 0.6) is 0 Å². The zero-order valence-corrected chi connectivity index (χ0v) is 19.4. The summed E-state index contributed by atoms with van der Waals surface area (Å²) >= 11 is 0. The highest BCUT2D eigenvalue weighted by Gasteiger charge is 2.21. The highest BCUT2D eigenvalue weighted by atomic mass is 32.2. The number of carbonyl (C=O) groups excluding carboxylic acids is 1. The fraction of sp³-hybridized carbons (Fsp3) is 0.217. The van der Waals surface area contributed by atoms with Crippen molar-refractivity contribution in [1.29, 1.82) is 0 Å². The van der Waals surface area contributed by atoms with E-state index in [0.717, 1.165) is 6.42 Å². The van der Waals surface area contributed by atoms with Gasteiger partial charge < -0.3 is 5.32 Å². The lowest BCUT2D eigenvalue weighted by molar-refractivity contribution is 0.0935. The summed E-state index contributed by atoms with van der Waals surface area (Å²) in [5.41, 5.74) is 2.12. The zero-order valence-electron chi connectivity index (χ0n) is 18.6. The van der Waals surface area contributed by atoms with Gasteiger partial charge in [-0.2, -0.15) is 5.10 Å².